The predicted molar refractivity (Wildman–Crippen MR) is 163 cm³/mol. The van der Waals surface area contributed by atoms with Crippen LogP contribution in [0.1, 0.15) is 51.1 Å². The van der Waals surface area contributed by atoms with E-state index < -0.39 is 23.7 Å². The Bertz CT molecular complexity index is 1760. The number of carbonyl (C=O) groups is 3. The summed E-state index contributed by atoms with van der Waals surface area (Å²) >= 11 is 2.67. The number of methoxy groups -OCH3 is 1. The van der Waals surface area contributed by atoms with Gasteiger partial charge in [0.25, 0.3) is 5.78 Å². The number of nitrogens with zero attached hydrogens (tertiary/aromatic N) is 3. The van der Waals surface area contributed by atoms with Gasteiger partial charge in [-0.05, 0) is 60.9 Å². The number of aliphatic hydroxyl groups is 1. The Hall–Kier alpha value is -4.48. The Morgan fingerprint density at radius 3 is 2.51 bits per heavy atom. The number of thioether (sulfide) groups is 1. The molecule has 3 heterocycles. The first-order valence-electron chi connectivity index (χ1n) is 13.5. The Morgan fingerprint density at radius 2 is 1.79 bits per heavy atom. The third kappa shape index (κ3) is 5.53. The van der Waals surface area contributed by atoms with Crippen LogP contribution in [0.2, 0.25) is 0 Å². The maximum atomic E-state index is 13.6. The fourth-order valence-electron chi connectivity index (χ4n) is 5.18. The van der Waals surface area contributed by atoms with Gasteiger partial charge in [0.2, 0.25) is 5.13 Å². The van der Waals surface area contributed by atoms with Crippen molar-refractivity contribution in [1.29, 1.82) is 0 Å². The largest absolute Gasteiger partial charge is 0.507 e. The van der Waals surface area contributed by atoms with Crippen molar-refractivity contribution >= 4 is 51.6 Å². The normalized spacial score (nSPS) is 18.9. The second-order valence-electron chi connectivity index (χ2n) is 10.4. The molecule has 1 amide bonds. The summed E-state index contributed by atoms with van der Waals surface area (Å²) in [6, 6.07) is 18.8. The summed E-state index contributed by atoms with van der Waals surface area (Å²) in [6.45, 7) is 3.99. The van der Waals surface area contributed by atoms with Crippen molar-refractivity contribution in [2.45, 2.75) is 42.5 Å². The number of aryl methyl sites for hydroxylation is 1. The highest BCUT2D eigenvalue weighted by molar-refractivity contribution is 8.00. The van der Waals surface area contributed by atoms with E-state index in [1.54, 1.807) is 42.5 Å². The zero-order valence-corrected chi connectivity index (χ0v) is 25.2. The monoisotopic (exact) mass is 613 g/mol. The highest BCUT2D eigenvalue weighted by Crippen LogP contribution is 2.44. The van der Waals surface area contributed by atoms with Crippen LogP contribution in [0.3, 0.4) is 0 Å². The molecule has 1 N–H and O–H groups in total. The molecule has 0 radical (unpaired) electrons. The first-order valence-corrected chi connectivity index (χ1v) is 15.3. The van der Waals surface area contributed by atoms with Gasteiger partial charge >= 0.3 is 11.9 Å². The topological polar surface area (TPSA) is 119 Å². The van der Waals surface area contributed by atoms with Gasteiger partial charge in [0.15, 0.2) is 4.34 Å². The number of rotatable bonds is 7. The minimum absolute atomic E-state index is 0.00165. The second kappa shape index (κ2) is 11.7. The summed E-state index contributed by atoms with van der Waals surface area (Å²) in [4.78, 5) is 40.5. The van der Waals surface area contributed by atoms with Crippen LogP contribution in [0.15, 0.2) is 76.6 Å². The quantitative estimate of drug-likeness (QED) is 0.0681. The van der Waals surface area contributed by atoms with Crippen molar-refractivity contribution in [2.75, 3.05) is 12.0 Å². The Labute approximate surface area is 256 Å². The number of anilines is 1. The van der Waals surface area contributed by atoms with Crippen molar-refractivity contribution < 1.29 is 29.0 Å². The van der Waals surface area contributed by atoms with Crippen LogP contribution < -0.4 is 9.64 Å². The van der Waals surface area contributed by atoms with Crippen molar-refractivity contribution in [3.8, 4) is 5.75 Å². The highest BCUT2D eigenvalue weighted by Gasteiger charge is 2.48. The summed E-state index contributed by atoms with van der Waals surface area (Å²) < 4.78 is 11.2. The average molecular weight is 614 g/mol. The van der Waals surface area contributed by atoms with Gasteiger partial charge in [-0.25, -0.2) is 4.79 Å². The van der Waals surface area contributed by atoms with E-state index >= 15 is 0 Å². The maximum absolute atomic E-state index is 13.6. The van der Waals surface area contributed by atoms with Crippen LogP contribution in [-0.4, -0.2) is 46.2 Å². The molecule has 2 aliphatic heterocycles. The summed E-state index contributed by atoms with van der Waals surface area (Å²) in [5, 5.41) is 20.3. The Kier molecular flexibility index (Phi) is 7.76. The number of ether oxygens (including phenoxy) is 2. The Morgan fingerprint density at radius 1 is 1.07 bits per heavy atom. The lowest BCUT2D eigenvalue weighted by Crippen LogP contribution is -2.29. The molecule has 0 bridgehead atoms. The molecule has 0 spiro atoms. The molecule has 43 heavy (non-hydrogen) atoms. The summed E-state index contributed by atoms with van der Waals surface area (Å²) in [6.07, 6.45) is 0.665. The molecule has 0 aliphatic carbocycles. The number of amides is 1. The molecule has 2 atom stereocenters. The van der Waals surface area contributed by atoms with Gasteiger partial charge in [-0.1, -0.05) is 65.1 Å². The lowest BCUT2D eigenvalue weighted by atomic mass is 9.94. The second-order valence-corrected chi connectivity index (χ2v) is 12.5. The average Bonchev–Trinajstić information content (AvgIpc) is 3.71. The molecule has 218 valence electrons. The van der Waals surface area contributed by atoms with Crippen molar-refractivity contribution in [3.05, 3.63) is 106 Å². The zero-order valence-electron chi connectivity index (χ0n) is 23.6. The third-order valence-electron chi connectivity index (χ3n) is 7.35. The van der Waals surface area contributed by atoms with Gasteiger partial charge in [-0.2, -0.15) is 0 Å². The fourth-order valence-corrected chi connectivity index (χ4v) is 7.00. The smallest absolute Gasteiger partial charge is 0.337 e. The van der Waals surface area contributed by atoms with Crippen LogP contribution >= 0.6 is 23.1 Å². The molecule has 1 saturated heterocycles. The predicted octanol–water partition coefficient (Wildman–Crippen LogP) is 5.88. The summed E-state index contributed by atoms with van der Waals surface area (Å²) in [5.41, 5.74) is 4.34. The van der Waals surface area contributed by atoms with E-state index in [0.717, 1.165) is 16.9 Å². The lowest BCUT2D eigenvalue weighted by molar-refractivity contribution is -0.132. The number of esters is 1. The first kappa shape index (κ1) is 28.6. The SMILES string of the molecule is COC(=O)c1ccc([C@@H]2/C(=C(\O)c3ccc4c(c3)C[C@@H](C)O4)C(=O)C(=O)N2c2nnc(SCc3ccc(C)cc3)s2)cc1. The number of carbonyl (C=O) groups excluding carboxylic acids is 3. The van der Waals surface area contributed by atoms with Crippen LogP contribution in [0.4, 0.5) is 5.13 Å². The maximum Gasteiger partial charge on any atom is 0.337 e. The van der Waals surface area contributed by atoms with Gasteiger partial charge in [0, 0.05) is 17.7 Å². The van der Waals surface area contributed by atoms with Crippen molar-refractivity contribution in [3.63, 3.8) is 0 Å². The number of fused-ring (bicyclic) bond motifs is 1. The number of aliphatic hydroxyl groups excluding tert-OH is 1. The van der Waals surface area contributed by atoms with E-state index in [4.69, 9.17) is 9.47 Å². The van der Waals surface area contributed by atoms with E-state index in [0.29, 0.717) is 33.2 Å². The minimum Gasteiger partial charge on any atom is -0.507 e. The zero-order chi connectivity index (χ0) is 30.2. The number of hydrogen-bond acceptors (Lipinski definition) is 10. The highest BCUT2D eigenvalue weighted by atomic mass is 32.2. The number of hydrogen-bond donors (Lipinski definition) is 1. The van der Waals surface area contributed by atoms with E-state index in [1.807, 2.05) is 38.1 Å². The van der Waals surface area contributed by atoms with Crippen LogP contribution in [0.5, 0.6) is 5.75 Å². The molecule has 4 aromatic rings. The molecule has 1 aromatic heterocycles. The number of ketones is 1. The molecular formula is C32H27N3O6S2. The van der Waals surface area contributed by atoms with E-state index in [1.165, 1.54) is 40.7 Å². The molecule has 9 nitrogen and oxygen atoms in total. The number of aromatic nitrogens is 2. The molecule has 3 aromatic carbocycles. The number of benzene rings is 3. The summed E-state index contributed by atoms with van der Waals surface area (Å²) in [5.74, 6) is -1.10. The third-order valence-corrected chi connectivity index (χ3v) is 9.47. The molecule has 2 aliphatic rings. The minimum atomic E-state index is -1.00. The van der Waals surface area contributed by atoms with Gasteiger partial charge in [-0.15, -0.1) is 10.2 Å². The van der Waals surface area contributed by atoms with Crippen LogP contribution in [-0.2, 0) is 26.5 Å². The molecule has 6 rings (SSSR count). The van der Waals surface area contributed by atoms with Gasteiger partial charge in [-0.3, -0.25) is 14.5 Å². The molecular weight excluding hydrogens is 587 g/mol. The molecule has 1 fully saturated rings. The Balaban J connectivity index is 1.39. The van der Waals surface area contributed by atoms with Crippen molar-refractivity contribution in [1.82, 2.24) is 10.2 Å². The molecule has 11 heteroatoms. The summed E-state index contributed by atoms with van der Waals surface area (Å²) in [7, 11) is 1.29. The van der Waals surface area contributed by atoms with E-state index in [9.17, 15) is 19.5 Å². The van der Waals surface area contributed by atoms with Crippen molar-refractivity contribution in [2.24, 2.45) is 0 Å². The fraction of sp³-hybridized carbons (Fsp3) is 0.219. The van der Waals surface area contributed by atoms with E-state index in [-0.39, 0.29) is 22.6 Å². The van der Waals surface area contributed by atoms with Crippen LogP contribution in [0.25, 0.3) is 5.76 Å². The van der Waals surface area contributed by atoms with Crippen LogP contribution in [0, 0.1) is 6.92 Å². The van der Waals surface area contributed by atoms with Gasteiger partial charge in [0.1, 0.15) is 17.6 Å². The van der Waals surface area contributed by atoms with Gasteiger partial charge in [0.05, 0.1) is 24.3 Å². The lowest BCUT2D eigenvalue weighted by Gasteiger charge is -2.22. The first-order chi connectivity index (χ1) is 20.7. The number of Topliss-reactive ketones (excluding diaryl/α,β-unsaturated/α-hetero) is 1. The van der Waals surface area contributed by atoms with Gasteiger partial charge < -0.3 is 14.6 Å². The molecule has 0 saturated carbocycles. The van der Waals surface area contributed by atoms with E-state index in [2.05, 4.69) is 10.2 Å². The molecule has 0 unspecified atom stereocenters. The standard InChI is InChI=1S/C32H27N3O6S2/c1-17-4-6-19(7-5-17)16-42-32-34-33-31(43-32)35-26(20-8-10-21(11-9-20)30(39)40-3)25(28(37)29(35)38)27(36)22-12-13-24-23(15-22)14-18(2)41-24/h4-13,15,18,26,36H,14,16H2,1-3H3/b27-25+/t18-,26-/m1/s1.